The number of urea groups is 1. The van der Waals surface area contributed by atoms with Gasteiger partial charge in [-0.05, 0) is 48.7 Å². The Morgan fingerprint density at radius 3 is 2.34 bits per heavy atom. The van der Waals surface area contributed by atoms with Crippen molar-refractivity contribution in [2.45, 2.75) is 25.3 Å². The number of imide groups is 1. The van der Waals surface area contributed by atoms with E-state index in [0.29, 0.717) is 29.2 Å². The number of hydrogen-bond donors (Lipinski definition) is 3. The Hall–Kier alpha value is -3.55. The minimum Gasteiger partial charge on any atom is -0.497 e. The number of hydrogen-bond acceptors (Lipinski definition) is 5. The maximum absolute atomic E-state index is 12.4. The zero-order chi connectivity index (χ0) is 21.0. The normalized spacial score (nSPS) is 18.0. The first-order valence-electron chi connectivity index (χ1n) is 9.10. The number of anilines is 1. The number of benzene rings is 2. The van der Waals surface area contributed by atoms with E-state index >= 15 is 0 Å². The third-order valence-electron chi connectivity index (χ3n) is 4.82. The van der Waals surface area contributed by atoms with E-state index in [0.717, 1.165) is 5.56 Å². The van der Waals surface area contributed by atoms with Crippen molar-refractivity contribution in [2.24, 2.45) is 0 Å². The van der Waals surface area contributed by atoms with E-state index in [9.17, 15) is 14.4 Å². The maximum Gasteiger partial charge on any atom is 0.322 e. The molecule has 8 nitrogen and oxygen atoms in total. The Labute approximate surface area is 168 Å². The van der Waals surface area contributed by atoms with Gasteiger partial charge < -0.3 is 20.1 Å². The monoisotopic (exact) mass is 397 g/mol. The zero-order valence-corrected chi connectivity index (χ0v) is 16.5. The SMILES string of the molecule is COc1cc(CCC(=O)Nc2cccc([C@@]3(C)NC(=O)NC3=O)c2)cc(OC)c1. The van der Waals surface area contributed by atoms with Crippen LogP contribution in [0.3, 0.4) is 0 Å². The Morgan fingerprint density at radius 2 is 1.76 bits per heavy atom. The number of carbonyl (C=O) groups excluding carboxylic acids is 3. The van der Waals surface area contributed by atoms with Gasteiger partial charge in [-0.15, -0.1) is 0 Å². The molecule has 29 heavy (non-hydrogen) atoms. The molecule has 0 aliphatic carbocycles. The van der Waals surface area contributed by atoms with E-state index in [2.05, 4.69) is 16.0 Å². The van der Waals surface area contributed by atoms with Crippen molar-refractivity contribution in [3.63, 3.8) is 0 Å². The highest BCUT2D eigenvalue weighted by molar-refractivity contribution is 6.07. The quantitative estimate of drug-likeness (QED) is 0.622. The molecule has 0 bridgehead atoms. The molecule has 0 radical (unpaired) electrons. The van der Waals surface area contributed by atoms with Gasteiger partial charge in [-0.2, -0.15) is 0 Å². The zero-order valence-electron chi connectivity index (χ0n) is 16.5. The van der Waals surface area contributed by atoms with Gasteiger partial charge in [0.15, 0.2) is 0 Å². The fourth-order valence-electron chi connectivity index (χ4n) is 3.15. The van der Waals surface area contributed by atoms with Crippen molar-refractivity contribution in [1.29, 1.82) is 0 Å². The molecule has 3 rings (SSSR count). The third-order valence-corrected chi connectivity index (χ3v) is 4.82. The second-order valence-electron chi connectivity index (χ2n) is 6.88. The highest BCUT2D eigenvalue weighted by atomic mass is 16.5. The highest BCUT2D eigenvalue weighted by Crippen LogP contribution is 2.27. The second-order valence-corrected chi connectivity index (χ2v) is 6.88. The summed E-state index contributed by atoms with van der Waals surface area (Å²) < 4.78 is 10.5. The van der Waals surface area contributed by atoms with E-state index in [-0.39, 0.29) is 12.3 Å². The van der Waals surface area contributed by atoms with Crippen LogP contribution < -0.4 is 25.4 Å². The molecule has 152 valence electrons. The van der Waals surface area contributed by atoms with Gasteiger partial charge in [-0.25, -0.2) is 4.79 Å². The van der Waals surface area contributed by atoms with Crippen LogP contribution in [0.1, 0.15) is 24.5 Å². The predicted molar refractivity (Wildman–Crippen MR) is 107 cm³/mol. The van der Waals surface area contributed by atoms with E-state index in [4.69, 9.17) is 9.47 Å². The molecule has 1 aliphatic rings. The van der Waals surface area contributed by atoms with Gasteiger partial charge >= 0.3 is 6.03 Å². The second kappa shape index (κ2) is 8.22. The summed E-state index contributed by atoms with van der Waals surface area (Å²) in [7, 11) is 3.15. The molecule has 0 unspecified atom stereocenters. The number of carbonyl (C=O) groups is 3. The molecule has 2 aromatic rings. The maximum atomic E-state index is 12.4. The van der Waals surface area contributed by atoms with Crippen LogP contribution in [0.15, 0.2) is 42.5 Å². The number of nitrogens with one attached hydrogen (secondary N) is 3. The lowest BCUT2D eigenvalue weighted by Crippen LogP contribution is -2.40. The van der Waals surface area contributed by atoms with Gasteiger partial charge in [0.1, 0.15) is 17.0 Å². The number of ether oxygens (including phenoxy) is 2. The third kappa shape index (κ3) is 4.48. The number of amides is 4. The van der Waals surface area contributed by atoms with Crippen molar-refractivity contribution in [3.8, 4) is 11.5 Å². The Kier molecular flexibility index (Phi) is 5.72. The summed E-state index contributed by atoms with van der Waals surface area (Å²) >= 11 is 0. The van der Waals surface area contributed by atoms with Gasteiger partial charge in [-0.1, -0.05) is 12.1 Å². The summed E-state index contributed by atoms with van der Waals surface area (Å²) in [5.41, 5.74) is 0.875. The summed E-state index contributed by atoms with van der Waals surface area (Å²) in [6, 6.07) is 11.8. The van der Waals surface area contributed by atoms with Crippen LogP contribution in [0.25, 0.3) is 0 Å². The Balaban J connectivity index is 1.66. The van der Waals surface area contributed by atoms with Crippen LogP contribution in [0.2, 0.25) is 0 Å². The van der Waals surface area contributed by atoms with Crippen LogP contribution in [0.4, 0.5) is 10.5 Å². The molecule has 1 fully saturated rings. The van der Waals surface area contributed by atoms with Gasteiger partial charge in [0.25, 0.3) is 5.91 Å². The highest BCUT2D eigenvalue weighted by Gasteiger charge is 2.43. The van der Waals surface area contributed by atoms with E-state index in [1.165, 1.54) is 0 Å². The average Bonchev–Trinajstić information content (AvgIpc) is 2.98. The Morgan fingerprint density at radius 1 is 1.07 bits per heavy atom. The molecule has 8 heteroatoms. The molecule has 2 aromatic carbocycles. The first-order valence-corrected chi connectivity index (χ1v) is 9.10. The lowest BCUT2D eigenvalue weighted by atomic mass is 9.92. The fraction of sp³-hybridized carbons (Fsp3) is 0.286. The van der Waals surface area contributed by atoms with Gasteiger partial charge in [0, 0.05) is 18.2 Å². The summed E-state index contributed by atoms with van der Waals surface area (Å²) in [4.78, 5) is 36.0. The molecule has 0 spiro atoms. The van der Waals surface area contributed by atoms with Crippen LogP contribution in [-0.2, 0) is 21.5 Å². The van der Waals surface area contributed by atoms with Crippen molar-refractivity contribution in [1.82, 2.24) is 10.6 Å². The van der Waals surface area contributed by atoms with E-state index in [1.807, 2.05) is 12.1 Å². The first kappa shape index (κ1) is 20.2. The molecule has 0 saturated carbocycles. The average molecular weight is 397 g/mol. The number of rotatable bonds is 7. The molecule has 4 amide bonds. The minimum atomic E-state index is -1.17. The standard InChI is InChI=1S/C21H23N3O5/c1-21(19(26)23-20(27)24-21)14-5-4-6-15(11-14)22-18(25)8-7-13-9-16(28-2)12-17(10-13)29-3/h4-6,9-12H,7-8H2,1-3H3,(H,22,25)(H2,23,24,26,27)/t21-/m1/s1. The number of aryl methyl sites for hydroxylation is 1. The lowest BCUT2D eigenvalue weighted by Gasteiger charge is -2.21. The van der Waals surface area contributed by atoms with Gasteiger partial charge in [0.2, 0.25) is 5.91 Å². The minimum absolute atomic E-state index is 0.172. The summed E-state index contributed by atoms with van der Waals surface area (Å²) in [5, 5.41) is 7.67. The molecule has 0 aromatic heterocycles. The van der Waals surface area contributed by atoms with Crippen LogP contribution in [-0.4, -0.2) is 32.1 Å². The van der Waals surface area contributed by atoms with Crippen molar-refractivity contribution in [3.05, 3.63) is 53.6 Å². The lowest BCUT2D eigenvalue weighted by molar-refractivity contribution is -0.123. The van der Waals surface area contributed by atoms with Crippen LogP contribution in [0, 0.1) is 0 Å². The molecule has 1 atom stereocenters. The Bertz CT molecular complexity index is 937. The summed E-state index contributed by atoms with van der Waals surface area (Å²) in [6.07, 6.45) is 0.768. The van der Waals surface area contributed by atoms with Crippen molar-refractivity contribution >= 4 is 23.5 Å². The van der Waals surface area contributed by atoms with E-state index in [1.54, 1.807) is 51.5 Å². The number of methoxy groups -OCH3 is 2. The van der Waals surface area contributed by atoms with Crippen molar-refractivity contribution < 1.29 is 23.9 Å². The molecular weight excluding hydrogens is 374 g/mol. The van der Waals surface area contributed by atoms with Crippen molar-refractivity contribution in [2.75, 3.05) is 19.5 Å². The van der Waals surface area contributed by atoms with Gasteiger partial charge in [0.05, 0.1) is 14.2 Å². The smallest absolute Gasteiger partial charge is 0.322 e. The molecular formula is C21H23N3O5. The molecule has 1 heterocycles. The predicted octanol–water partition coefficient (Wildman–Crippen LogP) is 2.33. The molecule has 1 aliphatic heterocycles. The largest absolute Gasteiger partial charge is 0.497 e. The molecule has 1 saturated heterocycles. The van der Waals surface area contributed by atoms with Gasteiger partial charge in [-0.3, -0.25) is 14.9 Å². The topological polar surface area (TPSA) is 106 Å². The first-order chi connectivity index (χ1) is 13.8. The molecule has 3 N–H and O–H groups in total. The summed E-state index contributed by atoms with van der Waals surface area (Å²) in [6.45, 7) is 1.62. The fourth-order valence-corrected chi connectivity index (χ4v) is 3.15. The van der Waals surface area contributed by atoms with Crippen LogP contribution in [0.5, 0.6) is 11.5 Å². The summed E-state index contributed by atoms with van der Waals surface area (Å²) in [5.74, 6) is 0.724. The van der Waals surface area contributed by atoms with E-state index < -0.39 is 17.5 Å². The van der Waals surface area contributed by atoms with Crippen LogP contribution >= 0.6 is 0 Å².